The fourth-order valence-electron chi connectivity index (χ4n) is 4.41. The Kier molecular flexibility index (Phi) is 5.69. The first-order valence-electron chi connectivity index (χ1n) is 9.99. The Morgan fingerprint density at radius 3 is 2.45 bits per heavy atom. The lowest BCUT2D eigenvalue weighted by atomic mass is 9.93. The lowest BCUT2D eigenvalue weighted by Crippen LogP contribution is -2.54. The predicted octanol–water partition coefficient (Wildman–Crippen LogP) is 4.88. The maximum absolute atomic E-state index is 6.19. The number of H-pyrrole nitrogens is 1. The SMILES string of the molecule is Cc1nc2nc(Cl)nc(N3CCN(C(c4ccc(Cl)cc4)C(C)C)CC3C)c2[nH]1. The summed E-state index contributed by atoms with van der Waals surface area (Å²) >= 11 is 12.3. The van der Waals surface area contributed by atoms with Crippen LogP contribution in [0.3, 0.4) is 0 Å². The van der Waals surface area contributed by atoms with E-state index in [1.807, 2.05) is 19.1 Å². The van der Waals surface area contributed by atoms with Gasteiger partial charge in [-0.05, 0) is 49.1 Å². The number of nitrogens with one attached hydrogen (secondary N) is 1. The Morgan fingerprint density at radius 1 is 1.07 bits per heavy atom. The van der Waals surface area contributed by atoms with Crippen molar-refractivity contribution in [2.24, 2.45) is 5.92 Å². The summed E-state index contributed by atoms with van der Waals surface area (Å²) in [5.74, 6) is 2.14. The average Bonchev–Trinajstić information content (AvgIpc) is 3.03. The number of hydrogen-bond donors (Lipinski definition) is 1. The van der Waals surface area contributed by atoms with E-state index in [9.17, 15) is 0 Å². The summed E-state index contributed by atoms with van der Waals surface area (Å²) in [6.45, 7) is 11.4. The predicted molar refractivity (Wildman–Crippen MR) is 119 cm³/mol. The molecule has 3 heterocycles. The van der Waals surface area contributed by atoms with E-state index in [-0.39, 0.29) is 11.3 Å². The van der Waals surface area contributed by atoms with Crippen LogP contribution in [0.15, 0.2) is 24.3 Å². The van der Waals surface area contributed by atoms with Gasteiger partial charge in [0, 0.05) is 36.7 Å². The lowest BCUT2D eigenvalue weighted by Gasteiger charge is -2.45. The number of hydrogen-bond acceptors (Lipinski definition) is 5. The molecule has 0 spiro atoms. The van der Waals surface area contributed by atoms with Gasteiger partial charge in [-0.2, -0.15) is 9.97 Å². The van der Waals surface area contributed by atoms with Gasteiger partial charge >= 0.3 is 0 Å². The van der Waals surface area contributed by atoms with Crippen LogP contribution in [0.4, 0.5) is 5.82 Å². The second-order valence-corrected chi connectivity index (χ2v) is 8.89. The van der Waals surface area contributed by atoms with Crippen LogP contribution in [0.5, 0.6) is 0 Å². The Labute approximate surface area is 181 Å². The molecule has 1 fully saturated rings. The summed E-state index contributed by atoms with van der Waals surface area (Å²) < 4.78 is 0. The number of aryl methyl sites for hydroxylation is 1. The minimum Gasteiger partial charge on any atom is -0.349 e. The molecule has 2 unspecified atom stereocenters. The van der Waals surface area contributed by atoms with E-state index in [0.717, 1.165) is 41.8 Å². The van der Waals surface area contributed by atoms with Crippen molar-refractivity contribution in [1.82, 2.24) is 24.8 Å². The fraction of sp³-hybridized carbons (Fsp3) is 0.476. The number of anilines is 1. The van der Waals surface area contributed by atoms with Crippen molar-refractivity contribution in [3.8, 4) is 0 Å². The van der Waals surface area contributed by atoms with Crippen LogP contribution in [0.2, 0.25) is 10.3 Å². The van der Waals surface area contributed by atoms with Crippen molar-refractivity contribution in [3.05, 3.63) is 46.0 Å². The Hall–Kier alpha value is -1.89. The monoisotopic (exact) mass is 432 g/mol. The summed E-state index contributed by atoms with van der Waals surface area (Å²) in [6.07, 6.45) is 0. The summed E-state index contributed by atoms with van der Waals surface area (Å²) in [7, 11) is 0. The van der Waals surface area contributed by atoms with Gasteiger partial charge in [-0.1, -0.05) is 37.6 Å². The van der Waals surface area contributed by atoms with Crippen molar-refractivity contribution in [2.75, 3.05) is 24.5 Å². The average molecular weight is 433 g/mol. The number of piperazine rings is 1. The number of benzene rings is 1. The van der Waals surface area contributed by atoms with Gasteiger partial charge in [0.15, 0.2) is 11.5 Å². The van der Waals surface area contributed by atoms with E-state index < -0.39 is 0 Å². The van der Waals surface area contributed by atoms with Crippen LogP contribution in [-0.4, -0.2) is 50.5 Å². The van der Waals surface area contributed by atoms with Crippen LogP contribution in [0.25, 0.3) is 11.2 Å². The zero-order valence-electron chi connectivity index (χ0n) is 17.2. The van der Waals surface area contributed by atoms with Gasteiger partial charge in [0.1, 0.15) is 11.3 Å². The molecule has 0 bridgehead atoms. The zero-order chi connectivity index (χ0) is 20.7. The van der Waals surface area contributed by atoms with Crippen LogP contribution in [0.1, 0.15) is 38.2 Å². The van der Waals surface area contributed by atoms with E-state index in [4.69, 9.17) is 23.2 Å². The molecule has 8 heteroatoms. The molecule has 0 amide bonds. The van der Waals surface area contributed by atoms with Gasteiger partial charge in [-0.15, -0.1) is 0 Å². The number of nitrogens with zero attached hydrogens (tertiary/aromatic N) is 5. The Balaban J connectivity index is 1.60. The molecule has 6 nitrogen and oxygen atoms in total. The molecule has 1 saturated heterocycles. The van der Waals surface area contributed by atoms with Crippen molar-refractivity contribution < 1.29 is 0 Å². The Bertz CT molecular complexity index is 1000. The van der Waals surface area contributed by atoms with E-state index >= 15 is 0 Å². The minimum absolute atomic E-state index is 0.231. The van der Waals surface area contributed by atoms with Gasteiger partial charge in [-0.3, -0.25) is 4.90 Å². The molecule has 2 atom stereocenters. The van der Waals surface area contributed by atoms with Crippen molar-refractivity contribution in [2.45, 2.75) is 39.8 Å². The third-order valence-corrected chi connectivity index (χ3v) is 6.01. The molecule has 29 heavy (non-hydrogen) atoms. The molecule has 3 aromatic rings. The fourth-order valence-corrected chi connectivity index (χ4v) is 4.70. The van der Waals surface area contributed by atoms with Crippen molar-refractivity contribution in [1.29, 1.82) is 0 Å². The van der Waals surface area contributed by atoms with Crippen LogP contribution < -0.4 is 4.90 Å². The molecule has 1 aliphatic heterocycles. The summed E-state index contributed by atoms with van der Waals surface area (Å²) in [6, 6.07) is 8.87. The van der Waals surface area contributed by atoms with E-state index in [1.165, 1.54) is 5.56 Å². The molecule has 1 N–H and O–H groups in total. The van der Waals surface area contributed by atoms with Crippen molar-refractivity contribution >= 4 is 40.2 Å². The number of aromatic nitrogens is 4. The maximum Gasteiger partial charge on any atom is 0.226 e. The molecule has 154 valence electrons. The second-order valence-electron chi connectivity index (χ2n) is 8.11. The molecule has 2 aromatic heterocycles. The maximum atomic E-state index is 6.19. The number of rotatable bonds is 4. The lowest BCUT2D eigenvalue weighted by molar-refractivity contribution is 0.129. The third kappa shape index (κ3) is 4.06. The molecule has 0 saturated carbocycles. The van der Waals surface area contributed by atoms with E-state index in [1.54, 1.807) is 0 Å². The number of imidazole rings is 1. The van der Waals surface area contributed by atoms with Crippen LogP contribution >= 0.6 is 23.2 Å². The summed E-state index contributed by atoms with van der Waals surface area (Å²) in [5.41, 5.74) is 2.78. The largest absolute Gasteiger partial charge is 0.349 e. The molecule has 1 aliphatic rings. The van der Waals surface area contributed by atoms with Crippen molar-refractivity contribution in [3.63, 3.8) is 0 Å². The number of aromatic amines is 1. The first-order chi connectivity index (χ1) is 13.8. The highest BCUT2D eigenvalue weighted by Crippen LogP contribution is 2.33. The number of halogens is 2. The zero-order valence-corrected chi connectivity index (χ0v) is 18.7. The van der Waals surface area contributed by atoms with Gasteiger partial charge < -0.3 is 9.88 Å². The minimum atomic E-state index is 0.231. The quantitative estimate of drug-likeness (QED) is 0.595. The van der Waals surface area contributed by atoms with E-state index in [0.29, 0.717) is 17.6 Å². The molecule has 1 aromatic carbocycles. The standard InChI is InChI=1S/C21H26Cl2N6/c1-12(2)18(15-5-7-16(22)8-6-15)28-9-10-29(13(3)11-28)20-17-19(25-14(4)24-17)26-21(23)27-20/h5-8,12-13,18H,9-11H2,1-4H3,(H,24,25,26,27). The highest BCUT2D eigenvalue weighted by atomic mass is 35.5. The third-order valence-electron chi connectivity index (χ3n) is 5.59. The molecule has 4 rings (SSSR count). The Morgan fingerprint density at radius 2 is 1.79 bits per heavy atom. The highest BCUT2D eigenvalue weighted by molar-refractivity contribution is 6.30. The highest BCUT2D eigenvalue weighted by Gasteiger charge is 2.32. The first-order valence-corrected chi connectivity index (χ1v) is 10.7. The van der Waals surface area contributed by atoms with Gasteiger partial charge in [0.05, 0.1) is 0 Å². The van der Waals surface area contributed by atoms with Gasteiger partial charge in [0.2, 0.25) is 5.28 Å². The van der Waals surface area contributed by atoms with Gasteiger partial charge in [0.25, 0.3) is 0 Å². The smallest absolute Gasteiger partial charge is 0.226 e. The summed E-state index contributed by atoms with van der Waals surface area (Å²) in [4.78, 5) is 21.4. The van der Waals surface area contributed by atoms with E-state index in [2.05, 4.69) is 62.6 Å². The second kappa shape index (κ2) is 8.09. The van der Waals surface area contributed by atoms with Crippen LogP contribution in [-0.2, 0) is 0 Å². The molecule has 0 aliphatic carbocycles. The molecular weight excluding hydrogens is 407 g/mol. The number of fused-ring (bicyclic) bond motifs is 1. The van der Waals surface area contributed by atoms with Gasteiger partial charge in [-0.25, -0.2) is 4.98 Å². The normalized spacial score (nSPS) is 19.3. The molecule has 0 radical (unpaired) electrons. The molecular formula is C21H26Cl2N6. The topological polar surface area (TPSA) is 60.9 Å². The summed E-state index contributed by atoms with van der Waals surface area (Å²) in [5, 5.41) is 1.00. The van der Waals surface area contributed by atoms with Crippen LogP contribution in [0, 0.1) is 12.8 Å². The first kappa shape index (κ1) is 20.4.